The Morgan fingerprint density at radius 1 is 1.31 bits per heavy atom. The zero-order valence-corrected chi connectivity index (χ0v) is 16.4. The van der Waals surface area contributed by atoms with Gasteiger partial charge in [0, 0.05) is 25.2 Å². The fourth-order valence-corrected chi connectivity index (χ4v) is 4.43. The quantitative estimate of drug-likeness (QED) is 0.841. The standard InChI is InChI=1S/C18H26N2O5S/c1-12(2)19(4)26(24,25)15-7-5-6-14(11-15)17(21)20-9-8-13(3)10-16(20)18(22)23/h5-7,11-13,16H,8-10H2,1-4H3,(H,22,23). The van der Waals surface area contributed by atoms with Crippen molar-refractivity contribution in [1.82, 2.24) is 9.21 Å². The summed E-state index contributed by atoms with van der Waals surface area (Å²) < 4.78 is 26.5. The van der Waals surface area contributed by atoms with Crippen LogP contribution in [0.5, 0.6) is 0 Å². The minimum Gasteiger partial charge on any atom is -0.480 e. The van der Waals surface area contributed by atoms with Crippen LogP contribution in [-0.4, -0.2) is 60.3 Å². The van der Waals surface area contributed by atoms with Crippen molar-refractivity contribution in [1.29, 1.82) is 0 Å². The smallest absolute Gasteiger partial charge is 0.326 e. The summed E-state index contributed by atoms with van der Waals surface area (Å²) in [6, 6.07) is 4.69. The topological polar surface area (TPSA) is 95.0 Å². The largest absolute Gasteiger partial charge is 0.480 e. The number of piperidine rings is 1. The number of sulfonamides is 1. The molecule has 1 aliphatic rings. The van der Waals surface area contributed by atoms with Crippen LogP contribution < -0.4 is 0 Å². The van der Waals surface area contributed by atoms with Crippen LogP contribution in [0, 0.1) is 5.92 Å². The Morgan fingerprint density at radius 2 is 1.96 bits per heavy atom. The summed E-state index contributed by atoms with van der Waals surface area (Å²) >= 11 is 0. The number of carbonyl (C=O) groups excluding carboxylic acids is 1. The van der Waals surface area contributed by atoms with E-state index in [9.17, 15) is 23.1 Å². The summed E-state index contributed by atoms with van der Waals surface area (Å²) in [4.78, 5) is 25.8. The SMILES string of the molecule is CC1CCN(C(=O)c2cccc(S(=O)(=O)N(C)C(C)C)c2)C(C(=O)O)C1. The second kappa shape index (κ2) is 7.75. The van der Waals surface area contributed by atoms with Crippen molar-refractivity contribution in [2.75, 3.05) is 13.6 Å². The minimum absolute atomic E-state index is 0.0248. The first-order valence-corrected chi connectivity index (χ1v) is 10.1. The fraction of sp³-hybridized carbons (Fsp3) is 0.556. The zero-order chi connectivity index (χ0) is 19.6. The van der Waals surface area contributed by atoms with E-state index in [1.807, 2.05) is 6.92 Å². The van der Waals surface area contributed by atoms with Crippen molar-refractivity contribution in [3.8, 4) is 0 Å². The van der Waals surface area contributed by atoms with Gasteiger partial charge in [-0.05, 0) is 50.8 Å². The van der Waals surface area contributed by atoms with E-state index in [4.69, 9.17) is 0 Å². The van der Waals surface area contributed by atoms with Gasteiger partial charge in [0.1, 0.15) is 6.04 Å². The zero-order valence-electron chi connectivity index (χ0n) is 15.5. The normalized spacial score (nSPS) is 21.2. The summed E-state index contributed by atoms with van der Waals surface area (Å²) in [7, 11) is -2.23. The molecule has 1 aromatic carbocycles. The van der Waals surface area contributed by atoms with Crippen molar-refractivity contribution < 1.29 is 23.1 Å². The molecular weight excluding hydrogens is 356 g/mol. The maximum absolute atomic E-state index is 12.9. The van der Waals surface area contributed by atoms with Gasteiger partial charge in [-0.3, -0.25) is 4.79 Å². The van der Waals surface area contributed by atoms with Gasteiger partial charge in [0.15, 0.2) is 0 Å². The molecule has 2 atom stereocenters. The molecule has 1 N–H and O–H groups in total. The number of hydrogen-bond acceptors (Lipinski definition) is 4. The monoisotopic (exact) mass is 382 g/mol. The van der Waals surface area contributed by atoms with Crippen molar-refractivity contribution in [3.63, 3.8) is 0 Å². The third-order valence-electron chi connectivity index (χ3n) is 4.90. The summed E-state index contributed by atoms with van der Waals surface area (Å²) in [5.41, 5.74) is 0.184. The number of carboxylic acid groups (broad SMARTS) is 1. The predicted octanol–water partition coefficient (Wildman–Crippen LogP) is 2.04. The van der Waals surface area contributed by atoms with E-state index in [-0.39, 0.29) is 22.4 Å². The van der Waals surface area contributed by atoms with Crippen molar-refractivity contribution >= 4 is 21.9 Å². The highest BCUT2D eigenvalue weighted by atomic mass is 32.2. The van der Waals surface area contributed by atoms with Gasteiger partial charge in [-0.2, -0.15) is 4.31 Å². The van der Waals surface area contributed by atoms with Crippen LogP contribution >= 0.6 is 0 Å². The molecular formula is C18H26N2O5S. The second-order valence-corrected chi connectivity index (χ2v) is 9.12. The van der Waals surface area contributed by atoms with E-state index in [1.54, 1.807) is 13.8 Å². The Balaban J connectivity index is 2.35. The van der Waals surface area contributed by atoms with E-state index >= 15 is 0 Å². The van der Waals surface area contributed by atoms with Gasteiger partial charge in [-0.1, -0.05) is 13.0 Å². The molecule has 0 aliphatic carbocycles. The molecule has 0 saturated carbocycles. The molecule has 1 aromatic rings. The van der Waals surface area contributed by atoms with Crippen LogP contribution in [0.3, 0.4) is 0 Å². The highest BCUT2D eigenvalue weighted by molar-refractivity contribution is 7.89. The highest BCUT2D eigenvalue weighted by Crippen LogP contribution is 2.25. The Labute approximate surface area is 154 Å². The molecule has 7 nitrogen and oxygen atoms in total. The molecule has 1 fully saturated rings. The molecule has 1 aliphatic heterocycles. The van der Waals surface area contributed by atoms with Crippen LogP contribution in [0.2, 0.25) is 0 Å². The summed E-state index contributed by atoms with van der Waals surface area (Å²) in [5, 5.41) is 9.44. The molecule has 1 saturated heterocycles. The van der Waals surface area contributed by atoms with E-state index in [0.717, 1.165) is 6.42 Å². The van der Waals surface area contributed by atoms with Gasteiger partial charge in [-0.25, -0.2) is 13.2 Å². The first kappa shape index (κ1) is 20.4. The average molecular weight is 382 g/mol. The van der Waals surface area contributed by atoms with Crippen LogP contribution in [-0.2, 0) is 14.8 Å². The van der Waals surface area contributed by atoms with Crippen molar-refractivity contribution in [3.05, 3.63) is 29.8 Å². The van der Waals surface area contributed by atoms with Gasteiger partial charge >= 0.3 is 5.97 Å². The molecule has 1 heterocycles. The predicted molar refractivity (Wildman–Crippen MR) is 97.4 cm³/mol. The van der Waals surface area contributed by atoms with Gasteiger partial charge in [-0.15, -0.1) is 0 Å². The van der Waals surface area contributed by atoms with Crippen LogP contribution in [0.25, 0.3) is 0 Å². The summed E-state index contributed by atoms with van der Waals surface area (Å²) in [5.74, 6) is -1.26. The average Bonchev–Trinajstić information content (AvgIpc) is 2.60. The molecule has 1 amide bonds. The number of aliphatic carboxylic acids is 1. The van der Waals surface area contributed by atoms with E-state index in [2.05, 4.69) is 0 Å². The van der Waals surface area contributed by atoms with Crippen LogP contribution in [0.15, 0.2) is 29.2 Å². The third-order valence-corrected chi connectivity index (χ3v) is 6.93. The lowest BCUT2D eigenvalue weighted by Crippen LogP contribution is -2.49. The molecule has 144 valence electrons. The van der Waals surface area contributed by atoms with Crippen molar-refractivity contribution in [2.24, 2.45) is 5.92 Å². The van der Waals surface area contributed by atoms with Crippen molar-refractivity contribution in [2.45, 2.75) is 50.6 Å². The number of hydrogen-bond donors (Lipinski definition) is 1. The van der Waals surface area contributed by atoms with E-state index in [1.165, 1.54) is 40.5 Å². The van der Waals surface area contributed by atoms with Gasteiger partial charge in [0.2, 0.25) is 10.0 Å². The number of carboxylic acids is 1. The number of carbonyl (C=O) groups is 2. The lowest BCUT2D eigenvalue weighted by Gasteiger charge is -2.36. The number of likely N-dealkylation sites (tertiary alicyclic amines) is 1. The summed E-state index contributed by atoms with van der Waals surface area (Å²) in [6.45, 7) is 5.84. The van der Waals surface area contributed by atoms with Crippen LogP contribution in [0.1, 0.15) is 44.0 Å². The molecule has 0 bridgehead atoms. The Hall–Kier alpha value is -1.93. The number of amides is 1. The minimum atomic E-state index is -3.72. The molecule has 2 unspecified atom stereocenters. The molecule has 0 spiro atoms. The highest BCUT2D eigenvalue weighted by Gasteiger charge is 2.35. The fourth-order valence-electron chi connectivity index (χ4n) is 3.02. The van der Waals surface area contributed by atoms with Crippen LogP contribution in [0.4, 0.5) is 0 Å². The van der Waals surface area contributed by atoms with E-state index < -0.39 is 27.9 Å². The first-order valence-electron chi connectivity index (χ1n) is 8.67. The maximum Gasteiger partial charge on any atom is 0.326 e. The van der Waals surface area contributed by atoms with Gasteiger partial charge in [0.05, 0.1) is 4.90 Å². The molecule has 0 aromatic heterocycles. The second-order valence-electron chi connectivity index (χ2n) is 7.12. The number of nitrogens with zero attached hydrogens (tertiary/aromatic N) is 2. The number of rotatable bonds is 5. The Kier molecular flexibility index (Phi) is 6.08. The van der Waals surface area contributed by atoms with Gasteiger partial charge < -0.3 is 10.0 Å². The summed E-state index contributed by atoms with van der Waals surface area (Å²) in [6.07, 6.45) is 1.12. The molecule has 0 radical (unpaired) electrons. The molecule has 8 heteroatoms. The Bertz CT molecular complexity index is 791. The molecule has 2 rings (SSSR count). The lowest BCUT2D eigenvalue weighted by molar-refractivity contribution is -0.144. The lowest BCUT2D eigenvalue weighted by atomic mass is 9.92. The molecule has 26 heavy (non-hydrogen) atoms. The first-order chi connectivity index (χ1) is 12.1. The third kappa shape index (κ3) is 4.07. The maximum atomic E-state index is 12.9. The van der Waals surface area contributed by atoms with E-state index in [0.29, 0.717) is 13.0 Å². The Morgan fingerprint density at radius 3 is 2.54 bits per heavy atom. The number of benzene rings is 1. The van der Waals surface area contributed by atoms with Gasteiger partial charge in [0.25, 0.3) is 5.91 Å².